The van der Waals surface area contributed by atoms with Crippen molar-refractivity contribution in [3.63, 3.8) is 0 Å². The minimum atomic E-state index is 0. The van der Waals surface area contributed by atoms with E-state index in [1.54, 1.807) is 0 Å². The van der Waals surface area contributed by atoms with E-state index in [4.69, 9.17) is 0 Å². The fourth-order valence-electron chi connectivity index (χ4n) is 0. The predicted octanol–water partition coefficient (Wildman–Crippen LogP) is -4.12. The summed E-state index contributed by atoms with van der Waals surface area (Å²) in [4.78, 5) is 0. The van der Waals surface area contributed by atoms with Crippen LogP contribution < -0.4 is 0 Å². The summed E-state index contributed by atoms with van der Waals surface area (Å²) >= 11 is 0. The van der Waals surface area contributed by atoms with Gasteiger partial charge in [0.2, 0.25) is 0 Å². The third-order valence-corrected chi connectivity index (χ3v) is 0. The zero-order chi connectivity index (χ0) is 0. The largest absolute Gasteiger partial charge is 0.412 e. The standard InChI is InChI=1S/Ar.5H2O/h;5*1H2. The van der Waals surface area contributed by atoms with Crippen LogP contribution in [-0.4, -0.2) is 27.4 Å². The first kappa shape index (κ1) is 231. The van der Waals surface area contributed by atoms with E-state index in [0.717, 1.165) is 0 Å². The third kappa shape index (κ3) is 74.3. The minimum absolute atomic E-state index is 0. The van der Waals surface area contributed by atoms with E-state index in [1.807, 2.05) is 0 Å². The molecule has 10 N–H and O–H groups in total. The van der Waals surface area contributed by atoms with E-state index >= 15 is 0 Å². The van der Waals surface area contributed by atoms with Crippen molar-refractivity contribution in [2.24, 2.45) is 0 Å². The summed E-state index contributed by atoms with van der Waals surface area (Å²) in [6.07, 6.45) is 0. The number of rotatable bonds is 0. The molecule has 5 nitrogen and oxygen atoms in total. The fraction of sp³-hybridized carbons (Fsp3) is 0. The van der Waals surface area contributed by atoms with Crippen molar-refractivity contribution >= 4 is 0 Å². The second kappa shape index (κ2) is 138. The number of hydrogen-bond donors (Lipinski definition) is 0. The molecule has 0 aromatic heterocycles. The molecule has 48 valence electrons. The van der Waals surface area contributed by atoms with Gasteiger partial charge >= 0.3 is 0 Å². The van der Waals surface area contributed by atoms with Crippen molar-refractivity contribution in [3.8, 4) is 0 Å². The topological polar surface area (TPSA) is 158 Å². The van der Waals surface area contributed by atoms with Crippen LogP contribution in [0.15, 0.2) is 0 Å². The summed E-state index contributed by atoms with van der Waals surface area (Å²) in [6, 6.07) is 0. The maximum Gasteiger partial charge on any atom is 0 e. The molecule has 0 unspecified atom stereocenters. The van der Waals surface area contributed by atoms with Crippen LogP contribution in [0.4, 0.5) is 0 Å². The van der Waals surface area contributed by atoms with Gasteiger partial charge in [-0.25, -0.2) is 0 Å². The van der Waals surface area contributed by atoms with E-state index in [1.165, 1.54) is 0 Å². The van der Waals surface area contributed by atoms with Crippen LogP contribution in [0.1, 0.15) is 0 Å². The van der Waals surface area contributed by atoms with Gasteiger partial charge in [0.25, 0.3) is 0 Å². The molecule has 6 heavy (non-hydrogen) atoms. The van der Waals surface area contributed by atoms with Crippen LogP contribution in [0.25, 0.3) is 0 Å². The molecule has 0 saturated heterocycles. The molecule has 6 heteroatoms. The van der Waals surface area contributed by atoms with Crippen molar-refractivity contribution in [3.05, 3.63) is 0 Å². The van der Waals surface area contributed by atoms with E-state index in [-0.39, 0.29) is 65.1 Å². The molecule has 0 radical (unpaired) electrons. The summed E-state index contributed by atoms with van der Waals surface area (Å²) in [5.74, 6) is 0. The van der Waals surface area contributed by atoms with Gasteiger partial charge in [-0.1, -0.05) is 0 Å². The van der Waals surface area contributed by atoms with Gasteiger partial charge in [-0.3, -0.25) is 0 Å². The Morgan fingerprint density at radius 3 is 0.333 bits per heavy atom. The van der Waals surface area contributed by atoms with Gasteiger partial charge in [0.05, 0.1) is 0 Å². The van der Waals surface area contributed by atoms with Crippen molar-refractivity contribution in [1.29, 1.82) is 0 Å². The Kier molecular flexibility index (Phi) is 5310. The molecule has 0 fully saturated rings. The third-order valence-electron chi connectivity index (χ3n) is 0. The molecule has 0 rings (SSSR count). The summed E-state index contributed by atoms with van der Waals surface area (Å²) in [5.41, 5.74) is 0. The molecule has 0 aromatic carbocycles. The van der Waals surface area contributed by atoms with Crippen molar-refractivity contribution in [2.45, 2.75) is 0 Å². The second-order valence-electron chi connectivity index (χ2n) is 0. The average molecular weight is 130 g/mol. The molecular weight excluding hydrogens is 120 g/mol. The summed E-state index contributed by atoms with van der Waals surface area (Å²) in [5, 5.41) is 0. The van der Waals surface area contributed by atoms with E-state index in [2.05, 4.69) is 0 Å². The summed E-state index contributed by atoms with van der Waals surface area (Å²) < 4.78 is 0. The van der Waals surface area contributed by atoms with E-state index in [0.29, 0.717) is 0 Å². The first-order chi connectivity index (χ1) is 0. The molecule has 0 bridgehead atoms. The smallest absolute Gasteiger partial charge is 0 e. The summed E-state index contributed by atoms with van der Waals surface area (Å²) in [6.45, 7) is 0. The van der Waals surface area contributed by atoms with E-state index < -0.39 is 0 Å². The van der Waals surface area contributed by atoms with Crippen molar-refractivity contribution in [2.75, 3.05) is 0 Å². The quantitative estimate of drug-likeness (QED) is 0.312. The first-order valence-electron chi connectivity index (χ1n) is 0. The van der Waals surface area contributed by atoms with Crippen LogP contribution in [0.3, 0.4) is 0 Å². The fourth-order valence-corrected chi connectivity index (χ4v) is 0. The van der Waals surface area contributed by atoms with E-state index in [9.17, 15) is 0 Å². The molecule has 0 heterocycles. The average Bonchev–Trinajstić information content (AvgIpc) is 0. The normalized spacial score (nSPS) is 0. The van der Waals surface area contributed by atoms with Gasteiger partial charge in [0, 0.05) is 37.7 Å². The predicted molar refractivity (Wildman–Crippen MR) is 18.1 cm³/mol. The van der Waals surface area contributed by atoms with Gasteiger partial charge in [-0.15, -0.1) is 0 Å². The van der Waals surface area contributed by atoms with Gasteiger partial charge in [-0.2, -0.15) is 0 Å². The Balaban J connectivity index is 0. The minimum Gasteiger partial charge on any atom is -0.412 e. The second-order valence-corrected chi connectivity index (χ2v) is 0. The van der Waals surface area contributed by atoms with Gasteiger partial charge in [0.1, 0.15) is 0 Å². The molecule has 0 aliphatic heterocycles. The molecule has 0 amide bonds. The molecule has 0 atom stereocenters. The zero-order valence-corrected chi connectivity index (χ0v) is 3.56. The molecule has 0 saturated carbocycles. The Morgan fingerprint density at radius 1 is 0.333 bits per heavy atom. The van der Waals surface area contributed by atoms with Gasteiger partial charge in [-0.05, 0) is 0 Å². The SMILES string of the molecule is O.O.O.O.O.[Ar]. The first-order valence-corrected chi connectivity index (χ1v) is 0. The van der Waals surface area contributed by atoms with Crippen LogP contribution >= 0.6 is 0 Å². The van der Waals surface area contributed by atoms with Crippen molar-refractivity contribution < 1.29 is 65.1 Å². The van der Waals surface area contributed by atoms with Crippen LogP contribution in [0.5, 0.6) is 0 Å². The Labute approximate surface area is 64.9 Å². The molecule has 0 aliphatic rings. The van der Waals surface area contributed by atoms with Crippen LogP contribution in [0.2, 0.25) is 0 Å². The Bertz CT molecular complexity index is 3.90. The molecular formula is H10ArO5. The zero-order valence-electron chi connectivity index (χ0n) is 2.85. The van der Waals surface area contributed by atoms with Crippen LogP contribution in [0, 0.1) is 37.7 Å². The molecule has 0 aromatic rings. The Hall–Kier alpha value is 1.06. The summed E-state index contributed by atoms with van der Waals surface area (Å²) in [7, 11) is 0. The molecule has 0 spiro atoms. The monoisotopic (exact) mass is 130 g/mol. The maximum absolute atomic E-state index is 0. The van der Waals surface area contributed by atoms with Crippen molar-refractivity contribution in [1.82, 2.24) is 0 Å². The molecule has 0 aliphatic carbocycles. The Morgan fingerprint density at radius 2 is 0.333 bits per heavy atom. The van der Waals surface area contributed by atoms with Gasteiger partial charge < -0.3 is 27.4 Å². The van der Waals surface area contributed by atoms with Gasteiger partial charge in [0.15, 0.2) is 0 Å². The number of hydrogen-bond acceptors (Lipinski definition) is 0. The van der Waals surface area contributed by atoms with Crippen LogP contribution in [-0.2, 0) is 0 Å². The maximum atomic E-state index is 0.